The molecule has 1 rings (SSSR count). The zero-order valence-electron chi connectivity index (χ0n) is 5.65. The van der Waals surface area contributed by atoms with Crippen molar-refractivity contribution < 1.29 is 0 Å². The van der Waals surface area contributed by atoms with Crippen LogP contribution in [0.4, 0.5) is 0 Å². The molecule has 0 spiro atoms. The Balaban J connectivity index is 2.08. The molecule has 0 aliphatic carbocycles. The van der Waals surface area contributed by atoms with Crippen LogP contribution in [0.2, 0.25) is 0 Å². The summed E-state index contributed by atoms with van der Waals surface area (Å²) in [5.41, 5.74) is 0. The van der Waals surface area contributed by atoms with Crippen LogP contribution in [0, 0.1) is 6.54 Å². The van der Waals surface area contributed by atoms with Crippen molar-refractivity contribution in [1.29, 1.82) is 0 Å². The highest BCUT2D eigenvalue weighted by atomic mass is 35.5. The minimum atomic E-state index is 0.667. The fourth-order valence-corrected chi connectivity index (χ4v) is 1.39. The molecule has 0 bridgehead atoms. The summed E-state index contributed by atoms with van der Waals surface area (Å²) in [4.78, 5) is 2.32. The van der Waals surface area contributed by atoms with Gasteiger partial charge in [-0.1, -0.05) is 6.42 Å². The molecule has 0 atom stereocenters. The SMILES string of the molecule is ClC[CH]N1CCCCC1. The van der Waals surface area contributed by atoms with Crippen LogP contribution in [-0.2, 0) is 0 Å². The lowest BCUT2D eigenvalue weighted by Crippen LogP contribution is -2.27. The molecule has 9 heavy (non-hydrogen) atoms. The van der Waals surface area contributed by atoms with E-state index in [0.29, 0.717) is 5.88 Å². The van der Waals surface area contributed by atoms with E-state index >= 15 is 0 Å². The Kier molecular flexibility index (Phi) is 3.37. The normalized spacial score (nSPS) is 22.3. The third kappa shape index (κ3) is 2.55. The molecule has 1 aliphatic rings. The second-order valence-electron chi connectivity index (χ2n) is 2.43. The van der Waals surface area contributed by atoms with Gasteiger partial charge in [-0.15, -0.1) is 11.6 Å². The van der Waals surface area contributed by atoms with Crippen LogP contribution in [-0.4, -0.2) is 23.9 Å². The first kappa shape index (κ1) is 7.36. The van der Waals surface area contributed by atoms with Crippen molar-refractivity contribution >= 4 is 11.6 Å². The van der Waals surface area contributed by atoms with Crippen molar-refractivity contribution in [3.05, 3.63) is 6.54 Å². The minimum absolute atomic E-state index is 0.667. The molecular formula is C7H13ClN. The summed E-state index contributed by atoms with van der Waals surface area (Å²) in [7, 11) is 0. The summed E-state index contributed by atoms with van der Waals surface area (Å²) in [6.45, 7) is 4.51. The molecule has 1 fully saturated rings. The predicted octanol–water partition coefficient (Wildman–Crippen LogP) is 1.87. The van der Waals surface area contributed by atoms with Crippen LogP contribution >= 0.6 is 11.6 Å². The Hall–Kier alpha value is 0.250. The molecule has 1 nitrogen and oxygen atoms in total. The van der Waals surface area contributed by atoms with Gasteiger partial charge < -0.3 is 0 Å². The standard InChI is InChI=1S/C7H13ClN/c8-4-7-9-5-2-1-3-6-9/h7H,1-6H2. The molecule has 1 radical (unpaired) electrons. The first-order valence-corrected chi connectivity index (χ1v) is 4.10. The molecule has 0 amide bonds. The summed E-state index contributed by atoms with van der Waals surface area (Å²) in [6.07, 6.45) is 4.08. The third-order valence-corrected chi connectivity index (χ3v) is 1.86. The van der Waals surface area contributed by atoms with Gasteiger partial charge in [0.1, 0.15) is 0 Å². The fourth-order valence-electron chi connectivity index (χ4n) is 1.20. The van der Waals surface area contributed by atoms with E-state index in [-0.39, 0.29) is 0 Å². The largest absolute Gasteiger partial charge is 0.298 e. The van der Waals surface area contributed by atoms with E-state index in [0.717, 1.165) is 0 Å². The van der Waals surface area contributed by atoms with E-state index in [1.165, 1.54) is 32.4 Å². The maximum Gasteiger partial charge on any atom is 0.0398 e. The summed E-state index contributed by atoms with van der Waals surface area (Å²) >= 11 is 5.54. The van der Waals surface area contributed by atoms with Gasteiger partial charge in [0.2, 0.25) is 0 Å². The Morgan fingerprint density at radius 1 is 1.22 bits per heavy atom. The molecule has 0 aromatic rings. The van der Waals surface area contributed by atoms with Gasteiger partial charge in [0.05, 0.1) is 0 Å². The topological polar surface area (TPSA) is 3.24 Å². The van der Waals surface area contributed by atoms with Gasteiger partial charge in [0, 0.05) is 12.4 Å². The number of piperidine rings is 1. The quantitative estimate of drug-likeness (QED) is 0.538. The van der Waals surface area contributed by atoms with E-state index in [2.05, 4.69) is 11.4 Å². The molecule has 0 unspecified atom stereocenters. The summed E-state index contributed by atoms with van der Waals surface area (Å²) in [5.74, 6) is 0.667. The van der Waals surface area contributed by atoms with Crippen LogP contribution < -0.4 is 0 Å². The second kappa shape index (κ2) is 4.13. The molecule has 1 saturated heterocycles. The van der Waals surface area contributed by atoms with Crippen molar-refractivity contribution in [2.45, 2.75) is 19.3 Å². The number of hydrogen-bond acceptors (Lipinski definition) is 1. The lowest BCUT2D eigenvalue weighted by Gasteiger charge is -2.24. The van der Waals surface area contributed by atoms with Crippen LogP contribution in [0.25, 0.3) is 0 Å². The maximum absolute atomic E-state index is 5.54. The zero-order chi connectivity index (χ0) is 6.53. The molecule has 1 aliphatic heterocycles. The van der Waals surface area contributed by atoms with Crippen LogP contribution in [0.3, 0.4) is 0 Å². The van der Waals surface area contributed by atoms with E-state index in [1.54, 1.807) is 0 Å². The second-order valence-corrected chi connectivity index (χ2v) is 2.74. The van der Waals surface area contributed by atoms with Crippen molar-refractivity contribution in [2.75, 3.05) is 19.0 Å². The monoisotopic (exact) mass is 146 g/mol. The maximum atomic E-state index is 5.54. The molecule has 0 aromatic heterocycles. The Labute approximate surface area is 62.0 Å². The van der Waals surface area contributed by atoms with Crippen molar-refractivity contribution in [2.24, 2.45) is 0 Å². The molecule has 0 saturated carbocycles. The molecule has 0 N–H and O–H groups in total. The highest BCUT2D eigenvalue weighted by Gasteiger charge is 2.07. The zero-order valence-corrected chi connectivity index (χ0v) is 6.40. The Morgan fingerprint density at radius 3 is 2.44 bits per heavy atom. The van der Waals surface area contributed by atoms with Gasteiger partial charge in [-0.25, -0.2) is 0 Å². The van der Waals surface area contributed by atoms with Crippen LogP contribution in [0.15, 0.2) is 0 Å². The van der Waals surface area contributed by atoms with Gasteiger partial charge in [-0.2, -0.15) is 0 Å². The summed E-state index contributed by atoms with van der Waals surface area (Å²) in [6, 6.07) is 0. The average molecular weight is 147 g/mol. The Bertz CT molecular complexity index is 66.6. The predicted molar refractivity (Wildman–Crippen MR) is 40.4 cm³/mol. The number of hydrogen-bond donors (Lipinski definition) is 0. The number of nitrogens with zero attached hydrogens (tertiary/aromatic N) is 1. The first-order valence-electron chi connectivity index (χ1n) is 3.57. The lowest BCUT2D eigenvalue weighted by molar-refractivity contribution is 0.281. The van der Waals surface area contributed by atoms with Crippen molar-refractivity contribution in [3.63, 3.8) is 0 Å². The molecule has 53 valence electrons. The number of likely N-dealkylation sites (tertiary alicyclic amines) is 1. The molecule has 0 aromatic carbocycles. The van der Waals surface area contributed by atoms with Gasteiger partial charge >= 0.3 is 0 Å². The lowest BCUT2D eigenvalue weighted by atomic mass is 10.1. The highest BCUT2D eigenvalue weighted by molar-refractivity contribution is 6.18. The van der Waals surface area contributed by atoms with Crippen molar-refractivity contribution in [1.82, 2.24) is 4.90 Å². The van der Waals surface area contributed by atoms with Crippen molar-refractivity contribution in [3.8, 4) is 0 Å². The van der Waals surface area contributed by atoms with E-state index in [1.807, 2.05) is 0 Å². The first-order chi connectivity index (χ1) is 4.43. The van der Waals surface area contributed by atoms with E-state index < -0.39 is 0 Å². The average Bonchev–Trinajstić information content (AvgIpc) is 1.91. The smallest absolute Gasteiger partial charge is 0.0398 e. The summed E-state index contributed by atoms with van der Waals surface area (Å²) < 4.78 is 0. The van der Waals surface area contributed by atoms with Crippen LogP contribution in [0.1, 0.15) is 19.3 Å². The van der Waals surface area contributed by atoms with Crippen LogP contribution in [0.5, 0.6) is 0 Å². The molecule has 1 heterocycles. The highest BCUT2D eigenvalue weighted by Crippen LogP contribution is 2.09. The Morgan fingerprint density at radius 2 is 1.89 bits per heavy atom. The summed E-state index contributed by atoms with van der Waals surface area (Å²) in [5, 5.41) is 0. The molecular weight excluding hydrogens is 134 g/mol. The van der Waals surface area contributed by atoms with Gasteiger partial charge in [0.25, 0.3) is 0 Å². The van der Waals surface area contributed by atoms with Gasteiger partial charge in [0.15, 0.2) is 0 Å². The number of alkyl halides is 1. The number of rotatable bonds is 2. The fraction of sp³-hybridized carbons (Fsp3) is 0.857. The van der Waals surface area contributed by atoms with E-state index in [4.69, 9.17) is 11.6 Å². The number of halogens is 1. The third-order valence-electron chi connectivity index (χ3n) is 1.72. The van der Waals surface area contributed by atoms with Gasteiger partial charge in [-0.05, 0) is 25.9 Å². The van der Waals surface area contributed by atoms with E-state index in [9.17, 15) is 0 Å². The van der Waals surface area contributed by atoms with Gasteiger partial charge in [-0.3, -0.25) is 4.90 Å². The molecule has 2 heteroatoms. The minimum Gasteiger partial charge on any atom is -0.298 e.